The standard InChI is InChI=1S/C14H15BrN2O4/c1-2-16-14(20)17-12(18)9-21-13(19)7-6-10-4-3-5-11(15)8-10/h3-8H,2,9H2,1H3,(H2,16,17,18,20)/b7-6+. The van der Waals surface area contributed by atoms with Crippen molar-refractivity contribution in [1.82, 2.24) is 10.6 Å². The van der Waals surface area contributed by atoms with Crippen LogP contribution in [0.4, 0.5) is 4.79 Å². The van der Waals surface area contributed by atoms with Gasteiger partial charge in [0, 0.05) is 17.1 Å². The topological polar surface area (TPSA) is 84.5 Å². The van der Waals surface area contributed by atoms with Gasteiger partial charge in [-0.1, -0.05) is 28.1 Å². The van der Waals surface area contributed by atoms with Crippen LogP contribution in [0.2, 0.25) is 0 Å². The van der Waals surface area contributed by atoms with E-state index in [1.807, 2.05) is 29.6 Å². The summed E-state index contributed by atoms with van der Waals surface area (Å²) in [5, 5.41) is 4.41. The fourth-order valence-electron chi connectivity index (χ4n) is 1.33. The fourth-order valence-corrected chi connectivity index (χ4v) is 1.74. The maximum Gasteiger partial charge on any atom is 0.331 e. The minimum absolute atomic E-state index is 0.397. The van der Waals surface area contributed by atoms with Crippen molar-refractivity contribution in [3.8, 4) is 0 Å². The van der Waals surface area contributed by atoms with E-state index in [4.69, 9.17) is 4.74 Å². The second-order valence-corrected chi connectivity index (χ2v) is 4.82. The van der Waals surface area contributed by atoms with Gasteiger partial charge in [-0.3, -0.25) is 10.1 Å². The van der Waals surface area contributed by atoms with Crippen molar-refractivity contribution < 1.29 is 19.1 Å². The second kappa shape index (κ2) is 8.91. The van der Waals surface area contributed by atoms with Gasteiger partial charge < -0.3 is 10.1 Å². The Morgan fingerprint density at radius 2 is 2.10 bits per heavy atom. The van der Waals surface area contributed by atoms with Crippen molar-refractivity contribution in [2.75, 3.05) is 13.2 Å². The summed E-state index contributed by atoms with van der Waals surface area (Å²) in [6.45, 7) is 1.60. The van der Waals surface area contributed by atoms with Crippen LogP contribution in [0, 0.1) is 0 Å². The molecule has 1 aromatic rings. The highest BCUT2D eigenvalue weighted by atomic mass is 79.9. The van der Waals surface area contributed by atoms with E-state index in [0.717, 1.165) is 10.0 Å². The van der Waals surface area contributed by atoms with Crippen LogP contribution in [0.15, 0.2) is 34.8 Å². The van der Waals surface area contributed by atoms with E-state index in [1.165, 1.54) is 6.08 Å². The van der Waals surface area contributed by atoms with Crippen LogP contribution >= 0.6 is 15.9 Å². The SMILES string of the molecule is CCNC(=O)NC(=O)COC(=O)/C=C/c1cccc(Br)c1. The summed E-state index contributed by atoms with van der Waals surface area (Å²) in [6, 6.07) is 6.71. The zero-order chi connectivity index (χ0) is 15.7. The Morgan fingerprint density at radius 1 is 1.33 bits per heavy atom. The molecule has 112 valence electrons. The van der Waals surface area contributed by atoms with Gasteiger partial charge in [0.15, 0.2) is 6.61 Å². The molecule has 0 radical (unpaired) electrons. The first-order chi connectivity index (χ1) is 10.0. The number of rotatable bonds is 5. The normalized spacial score (nSPS) is 10.2. The van der Waals surface area contributed by atoms with Crippen molar-refractivity contribution in [3.63, 3.8) is 0 Å². The third kappa shape index (κ3) is 7.26. The van der Waals surface area contributed by atoms with Crippen LogP contribution in [-0.4, -0.2) is 31.1 Å². The molecule has 21 heavy (non-hydrogen) atoms. The number of imide groups is 1. The summed E-state index contributed by atoms with van der Waals surface area (Å²) in [4.78, 5) is 33.7. The minimum atomic E-state index is -0.690. The van der Waals surface area contributed by atoms with Gasteiger partial charge >= 0.3 is 12.0 Å². The Morgan fingerprint density at radius 3 is 2.76 bits per heavy atom. The lowest BCUT2D eigenvalue weighted by Crippen LogP contribution is -2.41. The number of esters is 1. The molecule has 0 aliphatic carbocycles. The molecule has 0 aliphatic heterocycles. The van der Waals surface area contributed by atoms with Gasteiger partial charge in [0.25, 0.3) is 5.91 Å². The molecule has 0 spiro atoms. The number of urea groups is 1. The molecule has 0 heterocycles. The Labute approximate surface area is 130 Å². The van der Waals surface area contributed by atoms with Gasteiger partial charge in [0.1, 0.15) is 0 Å². The number of hydrogen-bond acceptors (Lipinski definition) is 4. The molecule has 0 atom stereocenters. The van der Waals surface area contributed by atoms with E-state index in [1.54, 1.807) is 13.0 Å². The Bertz CT molecular complexity index is 558. The molecule has 1 rings (SSSR count). The number of amides is 3. The monoisotopic (exact) mass is 354 g/mol. The number of carbonyl (C=O) groups is 3. The molecule has 0 aliphatic rings. The molecule has 1 aromatic carbocycles. The summed E-state index contributed by atoms with van der Waals surface area (Å²) in [6.07, 6.45) is 2.77. The van der Waals surface area contributed by atoms with Crippen LogP contribution in [0.5, 0.6) is 0 Å². The van der Waals surface area contributed by atoms with Crippen LogP contribution in [0.25, 0.3) is 6.08 Å². The number of halogens is 1. The van der Waals surface area contributed by atoms with Crippen molar-refractivity contribution >= 4 is 39.9 Å². The first-order valence-electron chi connectivity index (χ1n) is 6.19. The van der Waals surface area contributed by atoms with Crippen molar-refractivity contribution in [3.05, 3.63) is 40.4 Å². The first-order valence-corrected chi connectivity index (χ1v) is 6.98. The van der Waals surface area contributed by atoms with Gasteiger partial charge in [-0.05, 0) is 30.7 Å². The average molecular weight is 355 g/mol. The van der Waals surface area contributed by atoms with E-state index >= 15 is 0 Å². The molecule has 0 bridgehead atoms. The molecular weight excluding hydrogens is 340 g/mol. The van der Waals surface area contributed by atoms with E-state index < -0.39 is 24.5 Å². The molecule has 6 nitrogen and oxygen atoms in total. The lowest BCUT2D eigenvalue weighted by molar-refractivity contribution is -0.143. The van der Waals surface area contributed by atoms with E-state index in [9.17, 15) is 14.4 Å². The molecule has 0 unspecified atom stereocenters. The number of hydrogen-bond donors (Lipinski definition) is 2. The summed E-state index contributed by atoms with van der Waals surface area (Å²) in [5.41, 5.74) is 0.813. The van der Waals surface area contributed by atoms with Crippen LogP contribution in [0.3, 0.4) is 0 Å². The van der Waals surface area contributed by atoms with Gasteiger partial charge in [-0.15, -0.1) is 0 Å². The van der Waals surface area contributed by atoms with Gasteiger partial charge in [0.2, 0.25) is 0 Å². The highest BCUT2D eigenvalue weighted by molar-refractivity contribution is 9.10. The first kappa shape index (κ1) is 16.9. The molecular formula is C14H15BrN2O4. The number of nitrogens with one attached hydrogen (secondary N) is 2. The summed E-state index contributed by atoms with van der Waals surface area (Å²) >= 11 is 3.31. The smallest absolute Gasteiger partial charge is 0.331 e. The van der Waals surface area contributed by atoms with Crippen molar-refractivity contribution in [2.24, 2.45) is 0 Å². The number of carbonyl (C=O) groups excluding carboxylic acids is 3. The maximum atomic E-state index is 11.4. The molecule has 2 N–H and O–H groups in total. The van der Waals surface area contributed by atoms with Gasteiger partial charge in [-0.2, -0.15) is 0 Å². The Balaban J connectivity index is 2.37. The maximum absolute atomic E-state index is 11.4. The Hall–Kier alpha value is -2.15. The third-order valence-electron chi connectivity index (χ3n) is 2.20. The second-order valence-electron chi connectivity index (χ2n) is 3.90. The lowest BCUT2D eigenvalue weighted by atomic mass is 10.2. The summed E-state index contributed by atoms with van der Waals surface area (Å²) < 4.78 is 5.59. The van der Waals surface area contributed by atoms with Gasteiger partial charge in [-0.25, -0.2) is 9.59 Å². The molecule has 0 saturated heterocycles. The highest BCUT2D eigenvalue weighted by Crippen LogP contribution is 2.12. The van der Waals surface area contributed by atoms with Gasteiger partial charge in [0.05, 0.1) is 0 Å². The minimum Gasteiger partial charge on any atom is -0.452 e. The van der Waals surface area contributed by atoms with E-state index in [-0.39, 0.29) is 0 Å². The number of benzene rings is 1. The zero-order valence-corrected chi connectivity index (χ0v) is 13.0. The fraction of sp³-hybridized carbons (Fsp3) is 0.214. The highest BCUT2D eigenvalue weighted by Gasteiger charge is 2.08. The zero-order valence-electron chi connectivity index (χ0n) is 11.4. The largest absolute Gasteiger partial charge is 0.452 e. The summed E-state index contributed by atoms with van der Waals surface area (Å²) in [7, 11) is 0. The van der Waals surface area contributed by atoms with Crippen LogP contribution in [-0.2, 0) is 14.3 Å². The third-order valence-corrected chi connectivity index (χ3v) is 2.69. The van der Waals surface area contributed by atoms with E-state index in [0.29, 0.717) is 6.54 Å². The van der Waals surface area contributed by atoms with E-state index in [2.05, 4.69) is 21.2 Å². The molecule has 7 heteroatoms. The Kier molecular flexibility index (Phi) is 7.17. The van der Waals surface area contributed by atoms with Crippen LogP contribution in [0.1, 0.15) is 12.5 Å². The van der Waals surface area contributed by atoms with Crippen LogP contribution < -0.4 is 10.6 Å². The number of ether oxygens (including phenoxy) is 1. The van der Waals surface area contributed by atoms with Crippen molar-refractivity contribution in [2.45, 2.75) is 6.92 Å². The van der Waals surface area contributed by atoms with Crippen molar-refractivity contribution in [1.29, 1.82) is 0 Å². The lowest BCUT2D eigenvalue weighted by Gasteiger charge is -2.04. The molecule has 0 saturated carbocycles. The summed E-state index contributed by atoms with van der Waals surface area (Å²) in [5.74, 6) is -1.36. The average Bonchev–Trinajstić information content (AvgIpc) is 2.43. The molecule has 3 amide bonds. The molecule has 0 aromatic heterocycles. The predicted octanol–water partition coefficient (Wildman–Crippen LogP) is 1.85. The molecule has 0 fully saturated rings. The quantitative estimate of drug-likeness (QED) is 0.624. The predicted molar refractivity (Wildman–Crippen MR) is 81.4 cm³/mol.